The fourth-order valence-corrected chi connectivity index (χ4v) is 2.65. The second-order valence-electron chi connectivity index (χ2n) is 5.94. The van der Waals surface area contributed by atoms with E-state index in [1.807, 2.05) is 24.3 Å². The Morgan fingerprint density at radius 1 is 1.33 bits per heavy atom. The normalized spacial score (nSPS) is 26.5. The van der Waals surface area contributed by atoms with E-state index in [0.717, 1.165) is 30.8 Å². The average Bonchev–Trinajstić information content (AvgIpc) is 2.33. The lowest BCUT2D eigenvalue weighted by molar-refractivity contribution is 0.216. The Morgan fingerprint density at radius 2 is 1.94 bits per heavy atom. The van der Waals surface area contributed by atoms with Gasteiger partial charge in [0.05, 0.1) is 18.1 Å². The van der Waals surface area contributed by atoms with E-state index >= 15 is 0 Å². The third-order valence-electron chi connectivity index (χ3n) is 3.60. The zero-order valence-corrected chi connectivity index (χ0v) is 11.4. The Morgan fingerprint density at radius 3 is 2.39 bits per heavy atom. The summed E-state index contributed by atoms with van der Waals surface area (Å²) in [5.41, 5.74) is 0.899. The van der Waals surface area contributed by atoms with Gasteiger partial charge in [0.2, 0.25) is 0 Å². The summed E-state index contributed by atoms with van der Waals surface area (Å²) in [5.74, 6) is 2.09. The molecule has 0 radical (unpaired) electrons. The van der Waals surface area contributed by atoms with Crippen LogP contribution >= 0.6 is 0 Å². The maximum Gasteiger partial charge on any atom is 0.119 e. The Bertz CT molecular complexity index is 435. The van der Waals surface area contributed by atoms with Crippen LogP contribution in [0.2, 0.25) is 0 Å². The Kier molecular flexibility index (Phi) is 3.61. The van der Waals surface area contributed by atoms with Crippen LogP contribution < -0.4 is 4.74 Å². The van der Waals surface area contributed by atoms with E-state index in [4.69, 9.17) is 4.74 Å². The summed E-state index contributed by atoms with van der Waals surface area (Å²) in [6.45, 7) is 7.21. The van der Waals surface area contributed by atoms with Crippen LogP contribution in [0.3, 0.4) is 0 Å². The lowest BCUT2D eigenvalue weighted by Crippen LogP contribution is -2.38. The number of nitriles is 1. The first-order valence-electron chi connectivity index (χ1n) is 6.70. The zero-order chi connectivity index (χ0) is 13.2. The van der Waals surface area contributed by atoms with Gasteiger partial charge in [0.15, 0.2) is 0 Å². The Balaban J connectivity index is 2.06. The van der Waals surface area contributed by atoms with E-state index in [2.05, 4.69) is 26.8 Å². The largest absolute Gasteiger partial charge is 0.493 e. The van der Waals surface area contributed by atoms with Gasteiger partial charge in [-0.1, -0.05) is 32.9 Å². The molecule has 0 heterocycles. The third kappa shape index (κ3) is 2.51. The summed E-state index contributed by atoms with van der Waals surface area (Å²) in [5, 5.41) is 9.37. The summed E-state index contributed by atoms with van der Waals surface area (Å²) in [6.07, 6.45) is 1.96. The van der Waals surface area contributed by atoms with Crippen molar-refractivity contribution < 1.29 is 4.74 Å². The maximum absolute atomic E-state index is 9.37. The van der Waals surface area contributed by atoms with E-state index < -0.39 is 0 Å². The van der Waals surface area contributed by atoms with Crippen LogP contribution in [0.15, 0.2) is 24.3 Å². The maximum atomic E-state index is 9.37. The molecule has 1 saturated carbocycles. The third-order valence-corrected chi connectivity index (χ3v) is 3.60. The SMILES string of the molecule is CC(C)COc1ccc(C2(C#N)CC(C)C2)cc1. The second kappa shape index (κ2) is 5.02. The summed E-state index contributed by atoms with van der Waals surface area (Å²) in [4.78, 5) is 0. The summed E-state index contributed by atoms with van der Waals surface area (Å²) in [6, 6.07) is 10.6. The van der Waals surface area contributed by atoms with E-state index in [0.29, 0.717) is 11.8 Å². The van der Waals surface area contributed by atoms with Gasteiger partial charge >= 0.3 is 0 Å². The summed E-state index contributed by atoms with van der Waals surface area (Å²) >= 11 is 0. The fraction of sp³-hybridized carbons (Fsp3) is 0.562. The molecular formula is C16H21NO. The molecule has 0 spiro atoms. The highest BCUT2D eigenvalue weighted by Crippen LogP contribution is 2.47. The predicted octanol–water partition coefficient (Wildman–Crippen LogP) is 3.91. The molecule has 0 atom stereocenters. The minimum Gasteiger partial charge on any atom is -0.493 e. The monoisotopic (exact) mass is 243 g/mol. The topological polar surface area (TPSA) is 33.0 Å². The molecule has 18 heavy (non-hydrogen) atoms. The molecule has 1 aliphatic rings. The van der Waals surface area contributed by atoms with Gasteiger partial charge in [0.1, 0.15) is 5.75 Å². The van der Waals surface area contributed by atoms with Crippen LogP contribution in [-0.2, 0) is 5.41 Å². The van der Waals surface area contributed by atoms with Gasteiger partial charge in [0.25, 0.3) is 0 Å². The van der Waals surface area contributed by atoms with Crippen molar-refractivity contribution in [2.24, 2.45) is 11.8 Å². The molecule has 1 aliphatic carbocycles. The van der Waals surface area contributed by atoms with E-state index in [1.54, 1.807) is 0 Å². The van der Waals surface area contributed by atoms with Gasteiger partial charge in [-0.3, -0.25) is 0 Å². The minimum atomic E-state index is -0.240. The molecule has 0 aliphatic heterocycles. The first-order valence-corrected chi connectivity index (χ1v) is 6.70. The highest BCUT2D eigenvalue weighted by molar-refractivity contribution is 5.39. The molecule has 0 bridgehead atoms. The van der Waals surface area contributed by atoms with Crippen molar-refractivity contribution in [3.63, 3.8) is 0 Å². The lowest BCUT2D eigenvalue weighted by Gasteiger charge is -2.41. The van der Waals surface area contributed by atoms with Crippen molar-refractivity contribution in [3.05, 3.63) is 29.8 Å². The fourth-order valence-electron chi connectivity index (χ4n) is 2.65. The van der Waals surface area contributed by atoms with Crippen LogP contribution in [0, 0.1) is 23.2 Å². The van der Waals surface area contributed by atoms with Crippen molar-refractivity contribution in [3.8, 4) is 11.8 Å². The predicted molar refractivity (Wildman–Crippen MR) is 72.5 cm³/mol. The Hall–Kier alpha value is -1.49. The van der Waals surface area contributed by atoms with Gasteiger partial charge in [0, 0.05) is 0 Å². The van der Waals surface area contributed by atoms with Crippen molar-refractivity contribution in [1.82, 2.24) is 0 Å². The molecule has 1 aromatic rings. The van der Waals surface area contributed by atoms with Gasteiger partial charge in [-0.05, 0) is 42.4 Å². The molecule has 1 fully saturated rings. The second-order valence-corrected chi connectivity index (χ2v) is 5.94. The highest BCUT2D eigenvalue weighted by atomic mass is 16.5. The van der Waals surface area contributed by atoms with Crippen LogP contribution in [0.25, 0.3) is 0 Å². The Labute approximate surface area is 110 Å². The average molecular weight is 243 g/mol. The van der Waals surface area contributed by atoms with Gasteiger partial charge in [-0.15, -0.1) is 0 Å². The molecule has 2 nitrogen and oxygen atoms in total. The van der Waals surface area contributed by atoms with Crippen molar-refractivity contribution in [2.75, 3.05) is 6.61 Å². The van der Waals surface area contributed by atoms with Crippen molar-refractivity contribution >= 4 is 0 Å². The molecule has 0 N–H and O–H groups in total. The van der Waals surface area contributed by atoms with E-state index in [-0.39, 0.29) is 5.41 Å². The number of rotatable bonds is 4. The highest BCUT2D eigenvalue weighted by Gasteiger charge is 2.43. The van der Waals surface area contributed by atoms with Crippen molar-refractivity contribution in [1.29, 1.82) is 5.26 Å². The van der Waals surface area contributed by atoms with Crippen LogP contribution in [0.4, 0.5) is 0 Å². The quantitative estimate of drug-likeness (QED) is 0.803. The first kappa shape index (κ1) is 13.0. The molecule has 0 unspecified atom stereocenters. The van der Waals surface area contributed by atoms with Gasteiger partial charge in [-0.2, -0.15) is 5.26 Å². The number of benzene rings is 1. The number of hydrogen-bond acceptors (Lipinski definition) is 2. The van der Waals surface area contributed by atoms with Gasteiger partial charge < -0.3 is 4.74 Å². The molecule has 0 saturated heterocycles. The first-order chi connectivity index (χ1) is 8.55. The molecule has 2 rings (SSSR count). The van der Waals surface area contributed by atoms with E-state index in [1.165, 1.54) is 0 Å². The standard InChI is InChI=1S/C16H21NO/c1-12(2)10-18-15-6-4-14(5-7-15)16(11-17)8-13(3)9-16/h4-7,12-13H,8-10H2,1-3H3. The molecule has 2 heteroatoms. The molecule has 96 valence electrons. The molecule has 0 amide bonds. The smallest absolute Gasteiger partial charge is 0.119 e. The minimum absolute atomic E-state index is 0.240. The molecule has 0 aromatic heterocycles. The van der Waals surface area contributed by atoms with E-state index in [9.17, 15) is 5.26 Å². The molecule has 1 aromatic carbocycles. The summed E-state index contributed by atoms with van der Waals surface area (Å²) < 4.78 is 5.66. The van der Waals surface area contributed by atoms with Gasteiger partial charge in [-0.25, -0.2) is 0 Å². The number of hydrogen-bond donors (Lipinski definition) is 0. The zero-order valence-electron chi connectivity index (χ0n) is 11.4. The number of ether oxygens (including phenoxy) is 1. The van der Waals surface area contributed by atoms with Crippen LogP contribution in [-0.4, -0.2) is 6.61 Å². The van der Waals surface area contributed by atoms with Crippen LogP contribution in [0.5, 0.6) is 5.75 Å². The van der Waals surface area contributed by atoms with Crippen LogP contribution in [0.1, 0.15) is 39.2 Å². The molecular weight excluding hydrogens is 222 g/mol. The number of nitrogens with zero attached hydrogens (tertiary/aromatic N) is 1. The van der Waals surface area contributed by atoms with Crippen molar-refractivity contribution in [2.45, 2.75) is 39.0 Å². The summed E-state index contributed by atoms with van der Waals surface area (Å²) in [7, 11) is 0. The lowest BCUT2D eigenvalue weighted by atomic mass is 9.60.